The Hall–Kier alpha value is -3.35. The number of nitrogens with one attached hydrogen (secondary N) is 2. The van der Waals surface area contributed by atoms with Crippen molar-refractivity contribution >= 4 is 18.0 Å². The Labute approximate surface area is 200 Å². The average Bonchev–Trinajstić information content (AvgIpc) is 3.12. The van der Waals surface area contributed by atoms with E-state index in [1.807, 2.05) is 57.2 Å². The van der Waals surface area contributed by atoms with Crippen molar-refractivity contribution in [2.24, 2.45) is 5.92 Å². The highest BCUT2D eigenvalue weighted by Crippen LogP contribution is 2.44. The lowest BCUT2D eigenvalue weighted by atomic mass is 9.98. The summed E-state index contributed by atoms with van der Waals surface area (Å²) in [5.74, 6) is -1.63. The highest BCUT2D eigenvalue weighted by molar-refractivity contribution is 5.86. The fourth-order valence-corrected chi connectivity index (χ4v) is 4.48. The predicted octanol–water partition coefficient (Wildman–Crippen LogP) is 4.70. The number of carboxylic acid groups (broad SMARTS) is 1. The molecule has 3 N–H and O–H groups in total. The third-order valence-corrected chi connectivity index (χ3v) is 6.24. The molecule has 0 spiro atoms. The van der Waals surface area contributed by atoms with Gasteiger partial charge in [0, 0.05) is 12.0 Å². The molecule has 2 aromatic carbocycles. The molecule has 0 saturated heterocycles. The van der Waals surface area contributed by atoms with Gasteiger partial charge in [-0.05, 0) is 34.6 Å². The second-order valence-corrected chi connectivity index (χ2v) is 9.14. The van der Waals surface area contributed by atoms with Crippen LogP contribution in [-0.2, 0) is 14.3 Å². The Balaban J connectivity index is 1.63. The number of benzene rings is 2. The zero-order valence-corrected chi connectivity index (χ0v) is 20.0. The number of alkyl carbamates (subject to hydrolysis) is 1. The SMILES string of the molecule is CCCCC(CC(=O)O)NC(=O)[C@H](NC(=O)OCC1c2ccccc2-c2ccccc21)C(C)C. The first-order chi connectivity index (χ1) is 16.3. The van der Waals surface area contributed by atoms with Gasteiger partial charge < -0.3 is 20.5 Å². The van der Waals surface area contributed by atoms with Gasteiger partial charge in [-0.2, -0.15) is 0 Å². The molecule has 1 unspecified atom stereocenters. The predicted molar refractivity (Wildman–Crippen MR) is 131 cm³/mol. The minimum absolute atomic E-state index is 0.0709. The second-order valence-electron chi connectivity index (χ2n) is 9.14. The number of carboxylic acids is 1. The summed E-state index contributed by atoms with van der Waals surface area (Å²) in [6.07, 6.45) is 1.47. The Morgan fingerprint density at radius 2 is 1.56 bits per heavy atom. The molecular weight excluding hydrogens is 432 g/mol. The first-order valence-corrected chi connectivity index (χ1v) is 12.0. The molecule has 7 nitrogen and oxygen atoms in total. The minimum atomic E-state index is -0.966. The van der Waals surface area contributed by atoms with E-state index < -0.39 is 30.1 Å². The van der Waals surface area contributed by atoms with Crippen LogP contribution in [0.3, 0.4) is 0 Å². The van der Waals surface area contributed by atoms with Gasteiger partial charge in [-0.1, -0.05) is 82.1 Å². The lowest BCUT2D eigenvalue weighted by molar-refractivity contribution is -0.137. The van der Waals surface area contributed by atoms with E-state index in [2.05, 4.69) is 22.8 Å². The number of amides is 2. The third-order valence-electron chi connectivity index (χ3n) is 6.24. The maximum atomic E-state index is 12.9. The van der Waals surface area contributed by atoms with Crippen molar-refractivity contribution in [1.29, 1.82) is 0 Å². The van der Waals surface area contributed by atoms with Gasteiger partial charge in [0.25, 0.3) is 0 Å². The lowest BCUT2D eigenvalue weighted by Gasteiger charge is -2.25. The van der Waals surface area contributed by atoms with E-state index in [1.165, 1.54) is 0 Å². The van der Waals surface area contributed by atoms with Crippen LogP contribution in [0, 0.1) is 5.92 Å². The average molecular weight is 467 g/mol. The zero-order valence-electron chi connectivity index (χ0n) is 20.0. The number of carbonyl (C=O) groups excluding carboxylic acids is 2. The first kappa shape index (κ1) is 25.3. The van der Waals surface area contributed by atoms with Crippen LogP contribution in [-0.4, -0.2) is 41.8 Å². The van der Waals surface area contributed by atoms with Crippen LogP contribution in [0.5, 0.6) is 0 Å². The van der Waals surface area contributed by atoms with E-state index in [-0.39, 0.29) is 24.9 Å². The quantitative estimate of drug-likeness (QED) is 0.445. The summed E-state index contributed by atoms with van der Waals surface area (Å²) in [6.45, 7) is 5.82. The number of hydrogen-bond acceptors (Lipinski definition) is 4. The molecule has 0 bridgehead atoms. The van der Waals surface area contributed by atoms with Crippen molar-refractivity contribution < 1.29 is 24.2 Å². The van der Waals surface area contributed by atoms with E-state index in [0.29, 0.717) is 6.42 Å². The summed E-state index contributed by atoms with van der Waals surface area (Å²) < 4.78 is 5.58. The van der Waals surface area contributed by atoms with Crippen molar-refractivity contribution in [2.45, 2.75) is 64.5 Å². The second kappa shape index (κ2) is 11.7. The van der Waals surface area contributed by atoms with Gasteiger partial charge in [0.1, 0.15) is 12.6 Å². The zero-order chi connectivity index (χ0) is 24.7. The van der Waals surface area contributed by atoms with Crippen LogP contribution in [0.1, 0.15) is 63.5 Å². The van der Waals surface area contributed by atoms with Gasteiger partial charge in [0.05, 0.1) is 6.42 Å². The smallest absolute Gasteiger partial charge is 0.407 e. The van der Waals surface area contributed by atoms with E-state index in [1.54, 1.807) is 0 Å². The van der Waals surface area contributed by atoms with Crippen LogP contribution >= 0.6 is 0 Å². The molecule has 7 heteroatoms. The number of hydrogen-bond donors (Lipinski definition) is 3. The Morgan fingerprint density at radius 3 is 2.09 bits per heavy atom. The standard InChI is InChI=1S/C27H34N2O5/c1-4-5-10-18(15-24(30)31)28-26(32)25(17(2)3)29-27(33)34-16-23-21-13-8-6-11-19(21)20-12-7-9-14-22(20)23/h6-9,11-14,17-18,23,25H,4-5,10,15-16H2,1-3H3,(H,28,32)(H,29,33)(H,30,31)/t18?,25-/m1/s1. The van der Waals surface area contributed by atoms with Gasteiger partial charge in [-0.15, -0.1) is 0 Å². The van der Waals surface area contributed by atoms with Crippen molar-refractivity contribution in [1.82, 2.24) is 10.6 Å². The highest BCUT2D eigenvalue weighted by atomic mass is 16.5. The molecule has 3 rings (SSSR count). The largest absolute Gasteiger partial charge is 0.481 e. The number of unbranched alkanes of at least 4 members (excludes halogenated alkanes) is 1. The van der Waals surface area contributed by atoms with Gasteiger partial charge in [0.2, 0.25) is 5.91 Å². The van der Waals surface area contributed by atoms with Crippen LogP contribution in [0.4, 0.5) is 4.79 Å². The summed E-state index contributed by atoms with van der Waals surface area (Å²) in [4.78, 5) is 36.7. The maximum Gasteiger partial charge on any atom is 0.407 e. The summed E-state index contributed by atoms with van der Waals surface area (Å²) in [5.41, 5.74) is 4.51. The topological polar surface area (TPSA) is 105 Å². The lowest BCUT2D eigenvalue weighted by Crippen LogP contribution is -2.52. The van der Waals surface area contributed by atoms with Gasteiger partial charge in [0.15, 0.2) is 0 Å². The number of fused-ring (bicyclic) bond motifs is 3. The minimum Gasteiger partial charge on any atom is -0.481 e. The normalized spacial score (nSPS) is 14.1. The van der Waals surface area contributed by atoms with E-state index in [9.17, 15) is 14.4 Å². The monoisotopic (exact) mass is 466 g/mol. The Kier molecular flexibility index (Phi) is 8.68. The Bertz CT molecular complexity index is 974. The van der Waals surface area contributed by atoms with Crippen LogP contribution in [0.15, 0.2) is 48.5 Å². The molecule has 0 aromatic heterocycles. The summed E-state index contributed by atoms with van der Waals surface area (Å²) in [7, 11) is 0. The molecule has 0 fully saturated rings. The van der Waals surface area contributed by atoms with Crippen LogP contribution in [0.25, 0.3) is 11.1 Å². The molecule has 34 heavy (non-hydrogen) atoms. The van der Waals surface area contributed by atoms with Gasteiger partial charge in [-0.25, -0.2) is 4.79 Å². The fourth-order valence-electron chi connectivity index (χ4n) is 4.48. The maximum absolute atomic E-state index is 12.9. The first-order valence-electron chi connectivity index (χ1n) is 12.0. The molecule has 0 aliphatic heterocycles. The molecule has 0 radical (unpaired) electrons. The molecule has 2 aromatic rings. The molecule has 0 saturated carbocycles. The van der Waals surface area contributed by atoms with Crippen LogP contribution < -0.4 is 10.6 Å². The van der Waals surface area contributed by atoms with Gasteiger partial charge in [-0.3, -0.25) is 9.59 Å². The highest BCUT2D eigenvalue weighted by Gasteiger charge is 2.31. The van der Waals surface area contributed by atoms with Gasteiger partial charge >= 0.3 is 12.1 Å². The number of carbonyl (C=O) groups is 3. The number of rotatable bonds is 11. The van der Waals surface area contributed by atoms with E-state index in [4.69, 9.17) is 9.84 Å². The third kappa shape index (κ3) is 6.16. The summed E-state index contributed by atoms with van der Waals surface area (Å²) in [6, 6.07) is 14.9. The van der Waals surface area contributed by atoms with Crippen molar-refractivity contribution in [3.05, 3.63) is 59.7 Å². The van der Waals surface area contributed by atoms with Crippen LogP contribution in [0.2, 0.25) is 0 Å². The van der Waals surface area contributed by atoms with E-state index >= 15 is 0 Å². The van der Waals surface area contributed by atoms with E-state index in [0.717, 1.165) is 35.1 Å². The molecule has 1 aliphatic carbocycles. The molecular formula is C27H34N2O5. The van der Waals surface area contributed by atoms with Crippen molar-refractivity contribution in [3.8, 4) is 11.1 Å². The Morgan fingerprint density at radius 1 is 0.971 bits per heavy atom. The molecule has 182 valence electrons. The number of ether oxygens (including phenoxy) is 1. The molecule has 1 aliphatic rings. The number of aliphatic carboxylic acids is 1. The van der Waals surface area contributed by atoms with Crippen molar-refractivity contribution in [3.63, 3.8) is 0 Å². The summed E-state index contributed by atoms with van der Waals surface area (Å²) in [5, 5.41) is 14.6. The molecule has 2 atom stereocenters. The fraction of sp³-hybridized carbons (Fsp3) is 0.444. The summed E-state index contributed by atoms with van der Waals surface area (Å²) >= 11 is 0. The van der Waals surface area contributed by atoms with Crippen molar-refractivity contribution in [2.75, 3.05) is 6.61 Å². The molecule has 0 heterocycles. The molecule has 2 amide bonds.